The summed E-state index contributed by atoms with van der Waals surface area (Å²) in [6, 6.07) is 9.80. The zero-order valence-electron chi connectivity index (χ0n) is 14.6. The first-order chi connectivity index (χ1) is 12.0. The molecule has 1 amide bonds. The van der Waals surface area contributed by atoms with E-state index in [0.29, 0.717) is 18.0 Å². The Morgan fingerprint density at radius 3 is 2.64 bits per heavy atom. The Labute approximate surface area is 150 Å². The van der Waals surface area contributed by atoms with E-state index in [9.17, 15) is 9.90 Å². The number of amides is 1. The van der Waals surface area contributed by atoms with Crippen molar-refractivity contribution < 1.29 is 9.90 Å². The number of hydrogen-bond donors (Lipinski definition) is 1. The van der Waals surface area contributed by atoms with Gasteiger partial charge in [0.2, 0.25) is 4.96 Å². The quantitative estimate of drug-likeness (QED) is 0.735. The summed E-state index contributed by atoms with van der Waals surface area (Å²) in [7, 11) is 0. The molecule has 0 aliphatic rings. The summed E-state index contributed by atoms with van der Waals surface area (Å²) in [5.74, 6) is 1.00. The van der Waals surface area contributed by atoms with Gasteiger partial charge < -0.3 is 10.0 Å². The molecule has 0 bridgehead atoms. The monoisotopic (exact) mass is 358 g/mol. The van der Waals surface area contributed by atoms with Crippen LogP contribution in [-0.4, -0.2) is 43.7 Å². The summed E-state index contributed by atoms with van der Waals surface area (Å²) in [5.41, 5.74) is 1.89. The number of carbonyl (C=O) groups excluding carboxylic acids is 1. The molecule has 1 aromatic carbocycles. The lowest BCUT2D eigenvalue weighted by Crippen LogP contribution is -2.33. The van der Waals surface area contributed by atoms with E-state index in [2.05, 4.69) is 24.0 Å². The second-order valence-corrected chi connectivity index (χ2v) is 7.26. The van der Waals surface area contributed by atoms with Gasteiger partial charge in [0, 0.05) is 24.7 Å². The van der Waals surface area contributed by atoms with E-state index in [1.807, 2.05) is 41.7 Å². The molecule has 0 atom stereocenters. The van der Waals surface area contributed by atoms with Gasteiger partial charge in [-0.1, -0.05) is 55.5 Å². The number of aliphatic hydroxyl groups excluding tert-OH is 1. The largest absolute Gasteiger partial charge is 0.395 e. The van der Waals surface area contributed by atoms with Crippen LogP contribution in [0.25, 0.3) is 4.96 Å². The molecule has 3 rings (SSSR count). The zero-order chi connectivity index (χ0) is 18.0. The molecule has 0 saturated heterocycles. The summed E-state index contributed by atoms with van der Waals surface area (Å²) in [6.07, 6.45) is 0. The fourth-order valence-electron chi connectivity index (χ4n) is 2.82. The summed E-state index contributed by atoms with van der Waals surface area (Å²) in [6.45, 7) is 6.73. The van der Waals surface area contributed by atoms with Gasteiger partial charge in [0.05, 0.1) is 6.61 Å². The average molecular weight is 358 g/mol. The lowest BCUT2D eigenvalue weighted by Gasteiger charge is -2.21. The summed E-state index contributed by atoms with van der Waals surface area (Å²) >= 11 is 1.35. The smallest absolute Gasteiger partial charge is 0.266 e. The SMILES string of the molecule is Cc1c(C(=O)N(CCO)Cc2ccccc2)sc2nnc(C(C)C)n12. The van der Waals surface area contributed by atoms with Crippen molar-refractivity contribution in [3.63, 3.8) is 0 Å². The number of fused-ring (bicyclic) bond motifs is 1. The highest BCUT2D eigenvalue weighted by Crippen LogP contribution is 2.27. The molecule has 2 aromatic heterocycles. The van der Waals surface area contributed by atoms with E-state index in [-0.39, 0.29) is 18.4 Å². The number of benzene rings is 1. The summed E-state index contributed by atoms with van der Waals surface area (Å²) in [5, 5.41) is 17.8. The van der Waals surface area contributed by atoms with Gasteiger partial charge in [0.15, 0.2) is 0 Å². The molecule has 0 unspecified atom stereocenters. The molecule has 0 fully saturated rings. The van der Waals surface area contributed by atoms with E-state index < -0.39 is 0 Å². The first-order valence-corrected chi connectivity index (χ1v) is 9.13. The van der Waals surface area contributed by atoms with Crippen molar-refractivity contribution in [3.05, 3.63) is 52.3 Å². The fourth-order valence-corrected chi connectivity index (χ4v) is 3.86. The van der Waals surface area contributed by atoms with E-state index in [1.54, 1.807) is 4.90 Å². The molecule has 0 saturated carbocycles. The molecule has 0 radical (unpaired) electrons. The maximum Gasteiger partial charge on any atom is 0.266 e. The number of rotatable bonds is 6. The Morgan fingerprint density at radius 2 is 2.00 bits per heavy atom. The maximum atomic E-state index is 13.1. The molecule has 3 aromatic rings. The molecule has 2 heterocycles. The van der Waals surface area contributed by atoms with Crippen molar-refractivity contribution in [1.29, 1.82) is 0 Å². The second-order valence-electron chi connectivity index (χ2n) is 6.28. The van der Waals surface area contributed by atoms with E-state index in [0.717, 1.165) is 22.0 Å². The van der Waals surface area contributed by atoms with E-state index >= 15 is 0 Å². The van der Waals surface area contributed by atoms with Crippen LogP contribution in [0.4, 0.5) is 0 Å². The molecular formula is C18H22N4O2S. The molecule has 0 spiro atoms. The lowest BCUT2D eigenvalue weighted by molar-refractivity contribution is 0.0711. The normalized spacial score (nSPS) is 11.4. The third kappa shape index (κ3) is 3.43. The third-order valence-corrected chi connectivity index (χ3v) is 5.22. The zero-order valence-corrected chi connectivity index (χ0v) is 15.5. The molecule has 7 heteroatoms. The van der Waals surface area contributed by atoms with Crippen molar-refractivity contribution in [2.45, 2.75) is 33.2 Å². The summed E-state index contributed by atoms with van der Waals surface area (Å²) < 4.78 is 1.96. The van der Waals surface area contributed by atoms with Gasteiger partial charge in [0.1, 0.15) is 10.7 Å². The minimum atomic E-state index is -0.0828. The van der Waals surface area contributed by atoms with Crippen LogP contribution in [0.3, 0.4) is 0 Å². The standard InChI is InChI=1S/C18H22N4O2S/c1-12(2)16-19-20-18-22(16)13(3)15(25-18)17(24)21(9-10-23)11-14-7-5-4-6-8-14/h4-8,12,23H,9-11H2,1-3H3. The van der Waals surface area contributed by atoms with Crippen LogP contribution in [0.15, 0.2) is 30.3 Å². The van der Waals surface area contributed by atoms with Gasteiger partial charge in [-0.15, -0.1) is 10.2 Å². The number of aryl methyl sites for hydroxylation is 1. The van der Waals surface area contributed by atoms with Crippen molar-refractivity contribution in [1.82, 2.24) is 19.5 Å². The Balaban J connectivity index is 1.94. The molecule has 0 aliphatic heterocycles. The van der Waals surface area contributed by atoms with Gasteiger partial charge in [-0.25, -0.2) is 0 Å². The van der Waals surface area contributed by atoms with Gasteiger partial charge in [-0.05, 0) is 12.5 Å². The number of nitrogens with zero attached hydrogens (tertiary/aromatic N) is 4. The lowest BCUT2D eigenvalue weighted by atomic mass is 10.2. The highest BCUT2D eigenvalue weighted by molar-refractivity contribution is 7.19. The third-order valence-electron chi connectivity index (χ3n) is 4.10. The average Bonchev–Trinajstić information content (AvgIpc) is 3.15. The molecule has 25 heavy (non-hydrogen) atoms. The van der Waals surface area contributed by atoms with Crippen LogP contribution in [0.1, 0.15) is 46.5 Å². The first kappa shape index (κ1) is 17.6. The molecular weight excluding hydrogens is 336 g/mol. The Kier molecular flexibility index (Phi) is 5.15. The Hall–Kier alpha value is -2.25. The van der Waals surface area contributed by atoms with Crippen molar-refractivity contribution in [3.8, 4) is 0 Å². The van der Waals surface area contributed by atoms with Gasteiger partial charge in [0.25, 0.3) is 5.91 Å². The Morgan fingerprint density at radius 1 is 1.28 bits per heavy atom. The van der Waals surface area contributed by atoms with Crippen LogP contribution in [0.5, 0.6) is 0 Å². The van der Waals surface area contributed by atoms with Crippen LogP contribution in [0.2, 0.25) is 0 Å². The number of thiazole rings is 1. The number of hydrogen-bond acceptors (Lipinski definition) is 5. The van der Waals surface area contributed by atoms with Crippen molar-refractivity contribution in [2.24, 2.45) is 0 Å². The molecule has 1 N–H and O–H groups in total. The predicted molar refractivity (Wildman–Crippen MR) is 98.0 cm³/mol. The number of aliphatic hydroxyl groups is 1. The topological polar surface area (TPSA) is 70.7 Å². The van der Waals surface area contributed by atoms with E-state index in [4.69, 9.17) is 0 Å². The van der Waals surface area contributed by atoms with E-state index in [1.165, 1.54) is 11.3 Å². The number of aromatic nitrogens is 3. The van der Waals surface area contributed by atoms with Crippen molar-refractivity contribution in [2.75, 3.05) is 13.2 Å². The van der Waals surface area contributed by atoms with Gasteiger partial charge >= 0.3 is 0 Å². The van der Waals surface area contributed by atoms with Crippen molar-refractivity contribution >= 4 is 22.2 Å². The second kappa shape index (κ2) is 7.33. The molecule has 132 valence electrons. The first-order valence-electron chi connectivity index (χ1n) is 8.31. The predicted octanol–water partition coefficient (Wildman–Crippen LogP) is 2.86. The van der Waals surface area contributed by atoms with Crippen LogP contribution in [-0.2, 0) is 6.54 Å². The summed E-state index contributed by atoms with van der Waals surface area (Å²) in [4.78, 5) is 16.1. The van der Waals surface area contributed by atoms with Gasteiger partial charge in [-0.3, -0.25) is 9.20 Å². The number of carbonyl (C=O) groups is 1. The van der Waals surface area contributed by atoms with Crippen LogP contribution < -0.4 is 0 Å². The van der Waals surface area contributed by atoms with Gasteiger partial charge in [-0.2, -0.15) is 0 Å². The highest BCUT2D eigenvalue weighted by Gasteiger charge is 2.24. The fraction of sp³-hybridized carbons (Fsp3) is 0.389. The molecule has 6 nitrogen and oxygen atoms in total. The minimum Gasteiger partial charge on any atom is -0.395 e. The van der Waals surface area contributed by atoms with Crippen LogP contribution >= 0.6 is 11.3 Å². The Bertz CT molecular complexity index is 870. The minimum absolute atomic E-state index is 0.0705. The highest BCUT2D eigenvalue weighted by atomic mass is 32.1. The molecule has 0 aliphatic carbocycles. The maximum absolute atomic E-state index is 13.1. The van der Waals surface area contributed by atoms with Crippen LogP contribution in [0, 0.1) is 6.92 Å².